The van der Waals surface area contributed by atoms with Crippen molar-refractivity contribution in [1.82, 2.24) is 19.6 Å². The smallest absolute Gasteiger partial charge is 0.312 e. The van der Waals surface area contributed by atoms with Gasteiger partial charge in [-0.05, 0) is 44.0 Å². The highest BCUT2D eigenvalue weighted by atomic mass is 16.6. The van der Waals surface area contributed by atoms with Gasteiger partial charge in [0.2, 0.25) is 0 Å². The Kier molecular flexibility index (Phi) is 6.39. The summed E-state index contributed by atoms with van der Waals surface area (Å²) in [5.74, 6) is 1.50. The van der Waals surface area contributed by atoms with Crippen LogP contribution in [0, 0.1) is 30.9 Å². The molecule has 1 aliphatic heterocycles. The van der Waals surface area contributed by atoms with Crippen molar-refractivity contribution in [2.24, 2.45) is 0 Å². The normalized spacial score (nSPS) is 15.5. The van der Waals surface area contributed by atoms with Crippen molar-refractivity contribution in [3.05, 3.63) is 44.8 Å². The zero-order valence-corrected chi connectivity index (χ0v) is 17.8. The van der Waals surface area contributed by atoms with Gasteiger partial charge in [-0.3, -0.25) is 19.9 Å². The Bertz CT molecular complexity index is 887. The molecule has 0 aliphatic carbocycles. The van der Waals surface area contributed by atoms with Crippen LogP contribution in [0.1, 0.15) is 22.5 Å². The van der Waals surface area contributed by atoms with Crippen molar-refractivity contribution < 1.29 is 14.4 Å². The largest absolute Gasteiger partial charge is 0.493 e. The van der Waals surface area contributed by atoms with Gasteiger partial charge < -0.3 is 9.47 Å². The molecule has 0 atom stereocenters. The summed E-state index contributed by atoms with van der Waals surface area (Å²) in [6.07, 6.45) is 0. The van der Waals surface area contributed by atoms with Crippen LogP contribution in [0.15, 0.2) is 12.1 Å². The minimum Gasteiger partial charge on any atom is -0.493 e. The Hall–Kier alpha value is -2.65. The van der Waals surface area contributed by atoms with Crippen molar-refractivity contribution in [2.75, 3.05) is 40.4 Å². The Balaban J connectivity index is 1.60. The van der Waals surface area contributed by atoms with E-state index in [1.807, 2.05) is 6.07 Å². The highest BCUT2D eigenvalue weighted by Gasteiger charge is 2.24. The number of methoxy groups -OCH3 is 2. The van der Waals surface area contributed by atoms with E-state index in [1.165, 1.54) is 11.1 Å². The zero-order chi connectivity index (χ0) is 21.1. The van der Waals surface area contributed by atoms with Crippen LogP contribution in [0.3, 0.4) is 0 Å². The lowest BCUT2D eigenvalue weighted by atomic mass is 10.1. The fraction of sp³-hybridized carbons (Fsp3) is 0.550. The molecule has 1 fully saturated rings. The van der Waals surface area contributed by atoms with Crippen LogP contribution in [0.2, 0.25) is 0 Å². The van der Waals surface area contributed by atoms with E-state index in [-0.39, 0.29) is 10.6 Å². The fourth-order valence-corrected chi connectivity index (χ4v) is 3.80. The van der Waals surface area contributed by atoms with Crippen LogP contribution in [-0.4, -0.2) is 64.9 Å². The van der Waals surface area contributed by atoms with Crippen LogP contribution in [0.4, 0.5) is 5.69 Å². The van der Waals surface area contributed by atoms with Crippen LogP contribution < -0.4 is 9.47 Å². The lowest BCUT2D eigenvalue weighted by molar-refractivity contribution is -0.386. The summed E-state index contributed by atoms with van der Waals surface area (Å²) in [4.78, 5) is 15.5. The number of nitro groups is 1. The zero-order valence-electron chi connectivity index (χ0n) is 17.8. The summed E-state index contributed by atoms with van der Waals surface area (Å²) in [6, 6.07) is 4.07. The van der Waals surface area contributed by atoms with Crippen LogP contribution in [0.25, 0.3) is 0 Å². The van der Waals surface area contributed by atoms with Crippen molar-refractivity contribution >= 4 is 5.69 Å². The molecular formula is C20H29N5O4. The molecule has 2 aromatic rings. The summed E-state index contributed by atoms with van der Waals surface area (Å²) < 4.78 is 12.5. The van der Waals surface area contributed by atoms with E-state index in [9.17, 15) is 10.1 Å². The summed E-state index contributed by atoms with van der Waals surface area (Å²) in [6.45, 7) is 10.6. The molecule has 0 saturated carbocycles. The van der Waals surface area contributed by atoms with Crippen molar-refractivity contribution in [1.29, 1.82) is 0 Å². The Labute approximate surface area is 171 Å². The standard InChI is InChI=1S/C20H29N5O4/c1-14-10-18(28-4)19(29-5)11-17(14)12-22-6-8-23(9-7-22)13-24-16(3)20(25(26)27)15(2)21-24/h10-11H,6-9,12-13H2,1-5H3. The maximum Gasteiger partial charge on any atom is 0.312 e. The van der Waals surface area contributed by atoms with Gasteiger partial charge in [0.25, 0.3) is 0 Å². The van der Waals surface area contributed by atoms with E-state index in [4.69, 9.17) is 9.47 Å². The molecule has 0 spiro atoms. The molecule has 0 radical (unpaired) electrons. The second kappa shape index (κ2) is 8.79. The van der Waals surface area contributed by atoms with Crippen LogP contribution in [0.5, 0.6) is 11.5 Å². The molecule has 0 unspecified atom stereocenters. The van der Waals surface area contributed by atoms with Crippen molar-refractivity contribution in [2.45, 2.75) is 34.0 Å². The monoisotopic (exact) mass is 403 g/mol. The number of nitrogens with zero attached hydrogens (tertiary/aromatic N) is 5. The van der Waals surface area contributed by atoms with Gasteiger partial charge >= 0.3 is 5.69 Å². The molecule has 0 amide bonds. The first-order chi connectivity index (χ1) is 13.8. The number of aryl methyl sites for hydroxylation is 2. The van der Waals surface area contributed by atoms with E-state index in [2.05, 4.69) is 27.9 Å². The predicted molar refractivity (Wildman–Crippen MR) is 109 cm³/mol. The van der Waals surface area contributed by atoms with Gasteiger partial charge in [-0.15, -0.1) is 0 Å². The average Bonchev–Trinajstić information content (AvgIpc) is 2.97. The van der Waals surface area contributed by atoms with E-state index < -0.39 is 0 Å². The maximum absolute atomic E-state index is 11.2. The molecule has 3 rings (SSSR count). The first-order valence-corrected chi connectivity index (χ1v) is 9.68. The topological polar surface area (TPSA) is 85.9 Å². The first kappa shape index (κ1) is 21.1. The van der Waals surface area contributed by atoms with Gasteiger partial charge in [0.05, 0.1) is 25.8 Å². The van der Waals surface area contributed by atoms with Gasteiger partial charge in [-0.1, -0.05) is 0 Å². The Morgan fingerprint density at radius 1 is 1.03 bits per heavy atom. The molecule has 158 valence electrons. The fourth-order valence-electron chi connectivity index (χ4n) is 3.80. The summed E-state index contributed by atoms with van der Waals surface area (Å²) >= 11 is 0. The third kappa shape index (κ3) is 4.51. The first-order valence-electron chi connectivity index (χ1n) is 9.68. The number of rotatable bonds is 7. The Morgan fingerprint density at radius 3 is 2.17 bits per heavy atom. The number of hydrogen-bond donors (Lipinski definition) is 0. The molecular weight excluding hydrogens is 374 g/mol. The van der Waals surface area contributed by atoms with Crippen LogP contribution in [-0.2, 0) is 13.2 Å². The van der Waals surface area contributed by atoms with E-state index in [0.717, 1.165) is 44.2 Å². The molecule has 9 heteroatoms. The number of hydrogen-bond acceptors (Lipinski definition) is 7. The van der Waals surface area contributed by atoms with Gasteiger partial charge in [0.1, 0.15) is 11.4 Å². The number of piperazine rings is 1. The minimum atomic E-state index is -0.350. The predicted octanol–water partition coefficient (Wildman–Crippen LogP) is 2.51. The second-order valence-electron chi connectivity index (χ2n) is 7.45. The molecule has 1 aliphatic rings. The van der Waals surface area contributed by atoms with Gasteiger partial charge in [-0.2, -0.15) is 5.10 Å². The lowest BCUT2D eigenvalue weighted by Crippen LogP contribution is -2.46. The highest BCUT2D eigenvalue weighted by molar-refractivity contribution is 5.47. The van der Waals surface area contributed by atoms with E-state index in [1.54, 1.807) is 32.7 Å². The maximum atomic E-state index is 11.2. The third-order valence-electron chi connectivity index (χ3n) is 5.56. The van der Waals surface area contributed by atoms with Crippen molar-refractivity contribution in [3.63, 3.8) is 0 Å². The molecule has 1 aromatic heterocycles. The van der Waals surface area contributed by atoms with E-state index in [0.29, 0.717) is 18.1 Å². The SMILES string of the molecule is COc1cc(C)c(CN2CCN(Cn3nc(C)c([N+](=O)[O-])c3C)CC2)cc1OC. The number of ether oxygens (including phenoxy) is 2. The van der Waals surface area contributed by atoms with Gasteiger partial charge in [-0.25, -0.2) is 4.68 Å². The van der Waals surface area contributed by atoms with Crippen LogP contribution >= 0.6 is 0 Å². The molecule has 1 aromatic carbocycles. The number of aromatic nitrogens is 2. The lowest BCUT2D eigenvalue weighted by Gasteiger charge is -2.35. The molecule has 2 heterocycles. The quantitative estimate of drug-likeness (QED) is 0.519. The number of benzene rings is 1. The van der Waals surface area contributed by atoms with E-state index >= 15 is 0 Å². The summed E-state index contributed by atoms with van der Waals surface area (Å²) in [5.41, 5.74) is 3.60. The Morgan fingerprint density at radius 2 is 1.62 bits per heavy atom. The average molecular weight is 403 g/mol. The molecule has 0 N–H and O–H groups in total. The van der Waals surface area contributed by atoms with Crippen molar-refractivity contribution in [3.8, 4) is 11.5 Å². The minimum absolute atomic E-state index is 0.118. The molecule has 29 heavy (non-hydrogen) atoms. The summed E-state index contributed by atoms with van der Waals surface area (Å²) in [7, 11) is 3.30. The summed E-state index contributed by atoms with van der Waals surface area (Å²) in [5, 5.41) is 15.5. The molecule has 0 bridgehead atoms. The third-order valence-corrected chi connectivity index (χ3v) is 5.56. The second-order valence-corrected chi connectivity index (χ2v) is 7.45. The molecule has 1 saturated heterocycles. The van der Waals surface area contributed by atoms with Gasteiger partial charge in [0, 0.05) is 32.7 Å². The molecule has 9 nitrogen and oxygen atoms in total. The van der Waals surface area contributed by atoms with Gasteiger partial charge in [0.15, 0.2) is 11.5 Å². The highest BCUT2D eigenvalue weighted by Crippen LogP contribution is 2.31.